The van der Waals surface area contributed by atoms with E-state index in [-0.39, 0.29) is 11.6 Å². The third-order valence-corrected chi connectivity index (χ3v) is 3.25. The fourth-order valence-electron chi connectivity index (χ4n) is 2.19. The summed E-state index contributed by atoms with van der Waals surface area (Å²) >= 11 is 0. The minimum Gasteiger partial charge on any atom is -0.326 e. The SMILES string of the molecule is CCN1CCc2[nH]c(=O)c(C(C)N)cc2C1. The predicted molar refractivity (Wildman–Crippen MR) is 64.3 cm³/mol. The van der Waals surface area contributed by atoms with Gasteiger partial charge in [-0.05, 0) is 25.1 Å². The third kappa shape index (κ3) is 2.03. The number of fused-ring (bicyclic) bond motifs is 1. The molecule has 4 nitrogen and oxygen atoms in total. The number of pyridine rings is 1. The molecule has 2 heterocycles. The molecule has 16 heavy (non-hydrogen) atoms. The lowest BCUT2D eigenvalue weighted by Gasteiger charge is -2.27. The van der Waals surface area contributed by atoms with Crippen LogP contribution in [-0.4, -0.2) is 23.0 Å². The second kappa shape index (κ2) is 4.39. The minimum atomic E-state index is -0.203. The maximum atomic E-state index is 11.7. The van der Waals surface area contributed by atoms with Gasteiger partial charge in [0.1, 0.15) is 0 Å². The molecule has 2 rings (SSSR count). The molecule has 0 saturated carbocycles. The smallest absolute Gasteiger partial charge is 0.252 e. The maximum Gasteiger partial charge on any atom is 0.252 e. The highest BCUT2D eigenvalue weighted by atomic mass is 16.1. The number of aromatic amines is 1. The Bertz CT molecular complexity index is 436. The van der Waals surface area contributed by atoms with Gasteiger partial charge in [0.2, 0.25) is 0 Å². The van der Waals surface area contributed by atoms with Gasteiger partial charge in [0.15, 0.2) is 0 Å². The van der Waals surface area contributed by atoms with Crippen molar-refractivity contribution in [2.75, 3.05) is 13.1 Å². The van der Waals surface area contributed by atoms with Crippen LogP contribution in [0.5, 0.6) is 0 Å². The number of nitrogens with one attached hydrogen (secondary N) is 1. The lowest BCUT2D eigenvalue weighted by Crippen LogP contribution is -2.33. The molecule has 1 aliphatic rings. The molecule has 0 bridgehead atoms. The van der Waals surface area contributed by atoms with E-state index in [9.17, 15) is 4.79 Å². The Kier molecular flexibility index (Phi) is 3.12. The van der Waals surface area contributed by atoms with E-state index >= 15 is 0 Å². The van der Waals surface area contributed by atoms with E-state index in [1.807, 2.05) is 13.0 Å². The van der Waals surface area contributed by atoms with Crippen molar-refractivity contribution < 1.29 is 0 Å². The van der Waals surface area contributed by atoms with Crippen molar-refractivity contribution in [1.29, 1.82) is 0 Å². The summed E-state index contributed by atoms with van der Waals surface area (Å²) < 4.78 is 0. The van der Waals surface area contributed by atoms with E-state index in [0.717, 1.165) is 31.7 Å². The molecule has 3 N–H and O–H groups in total. The summed E-state index contributed by atoms with van der Waals surface area (Å²) in [5.74, 6) is 0. The van der Waals surface area contributed by atoms with Crippen LogP contribution in [0.3, 0.4) is 0 Å². The fourth-order valence-corrected chi connectivity index (χ4v) is 2.19. The molecule has 88 valence electrons. The largest absolute Gasteiger partial charge is 0.326 e. The number of hydrogen-bond donors (Lipinski definition) is 2. The van der Waals surface area contributed by atoms with Crippen molar-refractivity contribution in [2.24, 2.45) is 5.73 Å². The van der Waals surface area contributed by atoms with Gasteiger partial charge in [0, 0.05) is 36.8 Å². The zero-order valence-corrected chi connectivity index (χ0v) is 9.92. The van der Waals surface area contributed by atoms with Gasteiger partial charge in [-0.3, -0.25) is 9.69 Å². The quantitative estimate of drug-likeness (QED) is 0.775. The van der Waals surface area contributed by atoms with Gasteiger partial charge < -0.3 is 10.7 Å². The van der Waals surface area contributed by atoms with Crippen LogP contribution in [0.15, 0.2) is 10.9 Å². The summed E-state index contributed by atoms with van der Waals surface area (Å²) in [6.07, 6.45) is 0.928. The van der Waals surface area contributed by atoms with Crippen molar-refractivity contribution in [2.45, 2.75) is 32.9 Å². The minimum absolute atomic E-state index is 0.0290. The van der Waals surface area contributed by atoms with Gasteiger partial charge in [-0.2, -0.15) is 0 Å². The summed E-state index contributed by atoms with van der Waals surface area (Å²) in [4.78, 5) is 17.1. The van der Waals surface area contributed by atoms with Crippen LogP contribution in [0.2, 0.25) is 0 Å². The first kappa shape index (κ1) is 11.4. The zero-order valence-electron chi connectivity index (χ0n) is 9.92. The van der Waals surface area contributed by atoms with Crippen LogP contribution < -0.4 is 11.3 Å². The summed E-state index contributed by atoms with van der Waals surface area (Å²) in [5.41, 5.74) is 8.75. The summed E-state index contributed by atoms with van der Waals surface area (Å²) in [6, 6.07) is 1.77. The van der Waals surface area contributed by atoms with Gasteiger partial charge in [-0.15, -0.1) is 0 Å². The topological polar surface area (TPSA) is 62.1 Å². The number of nitrogens with two attached hydrogens (primary N) is 1. The van der Waals surface area contributed by atoms with Crippen molar-refractivity contribution in [3.8, 4) is 0 Å². The Hall–Kier alpha value is -1.13. The zero-order chi connectivity index (χ0) is 11.7. The van der Waals surface area contributed by atoms with Crippen LogP contribution in [-0.2, 0) is 13.0 Å². The maximum absolute atomic E-state index is 11.7. The molecule has 1 unspecified atom stereocenters. The van der Waals surface area contributed by atoms with Gasteiger partial charge in [-0.1, -0.05) is 6.92 Å². The van der Waals surface area contributed by atoms with E-state index in [1.165, 1.54) is 5.56 Å². The average molecular weight is 221 g/mol. The van der Waals surface area contributed by atoms with Crippen LogP contribution in [0.25, 0.3) is 0 Å². The third-order valence-electron chi connectivity index (χ3n) is 3.25. The molecule has 1 aliphatic heterocycles. The van der Waals surface area contributed by atoms with Crippen LogP contribution >= 0.6 is 0 Å². The highest BCUT2D eigenvalue weighted by molar-refractivity contribution is 5.28. The predicted octanol–water partition coefficient (Wildman–Crippen LogP) is 0.773. The molecule has 0 aromatic carbocycles. The van der Waals surface area contributed by atoms with Gasteiger partial charge in [0.25, 0.3) is 5.56 Å². The molecule has 1 atom stereocenters. The fraction of sp³-hybridized carbons (Fsp3) is 0.583. The second-order valence-corrected chi connectivity index (χ2v) is 4.47. The molecule has 0 aliphatic carbocycles. The number of rotatable bonds is 2. The molecule has 1 aromatic rings. The van der Waals surface area contributed by atoms with Crippen LogP contribution in [0.1, 0.15) is 36.7 Å². The summed E-state index contributed by atoms with van der Waals surface area (Å²) in [7, 11) is 0. The Morgan fingerprint density at radius 2 is 2.38 bits per heavy atom. The highest BCUT2D eigenvalue weighted by Crippen LogP contribution is 2.17. The average Bonchev–Trinajstić information content (AvgIpc) is 2.27. The monoisotopic (exact) mass is 221 g/mol. The van der Waals surface area contributed by atoms with Crippen molar-refractivity contribution in [3.05, 3.63) is 33.2 Å². The normalized spacial score (nSPS) is 18.2. The van der Waals surface area contributed by atoms with Crippen molar-refractivity contribution >= 4 is 0 Å². The molecule has 0 saturated heterocycles. The van der Waals surface area contributed by atoms with Crippen molar-refractivity contribution in [3.63, 3.8) is 0 Å². The van der Waals surface area contributed by atoms with Gasteiger partial charge in [0.05, 0.1) is 0 Å². The molecule has 0 fully saturated rings. The first-order chi connectivity index (χ1) is 7.61. The van der Waals surface area contributed by atoms with Crippen LogP contribution in [0.4, 0.5) is 0 Å². The van der Waals surface area contributed by atoms with E-state index in [2.05, 4.69) is 16.8 Å². The van der Waals surface area contributed by atoms with E-state index in [4.69, 9.17) is 5.73 Å². The number of aromatic nitrogens is 1. The number of nitrogens with zero attached hydrogens (tertiary/aromatic N) is 1. The number of likely N-dealkylation sites (N-methyl/N-ethyl adjacent to an activating group) is 1. The molecule has 0 spiro atoms. The standard InChI is InChI=1S/C12H19N3O/c1-3-15-5-4-11-9(7-15)6-10(8(2)13)12(16)14-11/h6,8H,3-5,7,13H2,1-2H3,(H,14,16). The lowest BCUT2D eigenvalue weighted by molar-refractivity contribution is 0.265. The molecule has 0 amide bonds. The highest BCUT2D eigenvalue weighted by Gasteiger charge is 2.18. The molecular weight excluding hydrogens is 202 g/mol. The number of H-pyrrole nitrogens is 1. The lowest BCUT2D eigenvalue weighted by atomic mass is 10.0. The Balaban J connectivity index is 2.40. The van der Waals surface area contributed by atoms with E-state index < -0.39 is 0 Å². The molecule has 0 radical (unpaired) electrons. The molecule has 4 heteroatoms. The second-order valence-electron chi connectivity index (χ2n) is 4.47. The van der Waals surface area contributed by atoms with E-state index in [0.29, 0.717) is 5.56 Å². The first-order valence-electron chi connectivity index (χ1n) is 5.84. The first-order valence-corrected chi connectivity index (χ1v) is 5.84. The summed E-state index contributed by atoms with van der Waals surface area (Å²) in [5, 5.41) is 0. The summed E-state index contributed by atoms with van der Waals surface area (Å²) in [6.45, 7) is 6.99. The Morgan fingerprint density at radius 1 is 1.62 bits per heavy atom. The molecular formula is C12H19N3O. The van der Waals surface area contributed by atoms with Gasteiger partial charge >= 0.3 is 0 Å². The Morgan fingerprint density at radius 3 is 3.00 bits per heavy atom. The van der Waals surface area contributed by atoms with E-state index in [1.54, 1.807) is 0 Å². The van der Waals surface area contributed by atoms with Crippen LogP contribution in [0, 0.1) is 0 Å². The Labute approximate surface area is 95.5 Å². The molecule has 1 aromatic heterocycles. The van der Waals surface area contributed by atoms with Crippen molar-refractivity contribution in [1.82, 2.24) is 9.88 Å². The number of hydrogen-bond acceptors (Lipinski definition) is 3. The van der Waals surface area contributed by atoms with Gasteiger partial charge in [-0.25, -0.2) is 0 Å².